The molecule has 2 N–H and O–H groups in total. The zero-order valence-electron chi connectivity index (χ0n) is 14.6. The average Bonchev–Trinajstić information content (AvgIpc) is 3.05. The van der Waals surface area contributed by atoms with Gasteiger partial charge in [0, 0.05) is 34.9 Å². The minimum absolute atomic E-state index is 0.509. The zero-order valence-corrected chi connectivity index (χ0v) is 15.4. The van der Waals surface area contributed by atoms with Crippen LogP contribution in [0.15, 0.2) is 35.6 Å². The Bertz CT molecular complexity index is 609. The fourth-order valence-electron chi connectivity index (χ4n) is 2.66. The number of anilines is 1. The molecule has 1 aromatic heterocycles. The van der Waals surface area contributed by atoms with Crippen LogP contribution >= 0.6 is 11.9 Å². The lowest BCUT2D eigenvalue weighted by atomic mass is 10.1. The summed E-state index contributed by atoms with van der Waals surface area (Å²) in [6, 6.07) is 7.06. The van der Waals surface area contributed by atoms with E-state index in [9.17, 15) is 0 Å². The fourth-order valence-corrected chi connectivity index (χ4v) is 3.21. The van der Waals surface area contributed by atoms with E-state index < -0.39 is 0 Å². The first-order chi connectivity index (χ1) is 11.2. The van der Waals surface area contributed by atoms with Gasteiger partial charge in [0.25, 0.3) is 0 Å². The van der Waals surface area contributed by atoms with Crippen LogP contribution in [0.3, 0.4) is 0 Å². The molecule has 1 atom stereocenters. The maximum atomic E-state index is 4.59. The van der Waals surface area contributed by atoms with Crippen LogP contribution in [0.2, 0.25) is 0 Å². The Morgan fingerprint density at radius 3 is 2.70 bits per heavy atom. The lowest BCUT2D eigenvalue weighted by Gasteiger charge is -2.20. The monoisotopic (exact) mass is 332 g/mol. The summed E-state index contributed by atoms with van der Waals surface area (Å²) < 4.78 is 5.25. The van der Waals surface area contributed by atoms with E-state index in [4.69, 9.17) is 0 Å². The second-order valence-electron chi connectivity index (χ2n) is 5.64. The topological polar surface area (TPSA) is 41.9 Å². The summed E-state index contributed by atoms with van der Waals surface area (Å²) in [6.07, 6.45) is 7.53. The second kappa shape index (κ2) is 8.99. The van der Waals surface area contributed by atoms with Crippen molar-refractivity contribution in [1.82, 2.24) is 14.3 Å². The molecule has 0 aliphatic carbocycles. The lowest BCUT2D eigenvalue weighted by molar-refractivity contribution is 0.623. The molecule has 0 saturated heterocycles. The molecule has 0 radical (unpaired) electrons. The van der Waals surface area contributed by atoms with Gasteiger partial charge < -0.3 is 9.88 Å². The van der Waals surface area contributed by atoms with Gasteiger partial charge in [-0.15, -0.1) is 0 Å². The van der Waals surface area contributed by atoms with Gasteiger partial charge in [-0.2, -0.15) is 0 Å². The third-order valence-corrected chi connectivity index (χ3v) is 4.67. The minimum Gasteiger partial charge on any atom is -0.382 e. The quantitative estimate of drug-likeness (QED) is 0.648. The Balaban J connectivity index is 2.35. The highest BCUT2D eigenvalue weighted by Gasteiger charge is 2.13. The molecule has 5 heteroatoms. The first-order valence-electron chi connectivity index (χ1n) is 8.48. The standard InChI is InChI=1S/C18H28N4S/c1-5-8-14(6-2)21-17-10-9-15(23-19-4)11-16(17)18-12-22(7-3)13-20-18/h9-14,19,21H,5-8H2,1-4H3. The maximum absolute atomic E-state index is 4.59. The van der Waals surface area contributed by atoms with Gasteiger partial charge in [-0.05, 0) is 57.0 Å². The number of rotatable bonds is 9. The molecule has 0 saturated carbocycles. The molecule has 2 rings (SSSR count). The number of aryl methyl sites for hydroxylation is 1. The molecule has 0 bridgehead atoms. The number of benzene rings is 1. The number of hydrogen-bond acceptors (Lipinski definition) is 4. The van der Waals surface area contributed by atoms with Crippen molar-refractivity contribution in [3.05, 3.63) is 30.7 Å². The minimum atomic E-state index is 0.509. The molecular formula is C18H28N4S. The van der Waals surface area contributed by atoms with Gasteiger partial charge in [0.05, 0.1) is 12.0 Å². The Kier molecular flexibility index (Phi) is 6.99. The van der Waals surface area contributed by atoms with Gasteiger partial charge in [-0.25, -0.2) is 4.98 Å². The van der Waals surface area contributed by atoms with E-state index >= 15 is 0 Å². The maximum Gasteiger partial charge on any atom is 0.0953 e. The van der Waals surface area contributed by atoms with Crippen LogP contribution in [0.5, 0.6) is 0 Å². The molecule has 0 fully saturated rings. The van der Waals surface area contributed by atoms with Crippen LogP contribution in [-0.4, -0.2) is 22.6 Å². The number of imidazole rings is 1. The van der Waals surface area contributed by atoms with Crippen molar-refractivity contribution in [1.29, 1.82) is 0 Å². The molecule has 0 aliphatic heterocycles. The third kappa shape index (κ3) is 4.75. The van der Waals surface area contributed by atoms with Gasteiger partial charge in [0.15, 0.2) is 0 Å². The van der Waals surface area contributed by atoms with E-state index in [-0.39, 0.29) is 0 Å². The summed E-state index contributed by atoms with van der Waals surface area (Å²) >= 11 is 1.63. The predicted octanol–water partition coefficient (Wildman–Crippen LogP) is 4.79. The number of nitrogens with one attached hydrogen (secondary N) is 2. The van der Waals surface area contributed by atoms with E-state index in [0.29, 0.717) is 6.04 Å². The fraction of sp³-hybridized carbons (Fsp3) is 0.500. The zero-order chi connectivity index (χ0) is 16.7. The largest absolute Gasteiger partial charge is 0.382 e. The van der Waals surface area contributed by atoms with E-state index in [2.05, 4.69) is 64.8 Å². The molecule has 0 aliphatic rings. The van der Waals surface area contributed by atoms with Gasteiger partial charge >= 0.3 is 0 Å². The van der Waals surface area contributed by atoms with Crippen molar-refractivity contribution < 1.29 is 0 Å². The highest BCUT2D eigenvalue weighted by molar-refractivity contribution is 7.97. The molecule has 0 spiro atoms. The van der Waals surface area contributed by atoms with Crippen molar-refractivity contribution in [3.63, 3.8) is 0 Å². The lowest BCUT2D eigenvalue weighted by Crippen LogP contribution is -2.18. The van der Waals surface area contributed by atoms with Crippen LogP contribution in [0.4, 0.5) is 5.69 Å². The molecule has 23 heavy (non-hydrogen) atoms. The van der Waals surface area contributed by atoms with Gasteiger partial charge in [-0.3, -0.25) is 4.72 Å². The first-order valence-corrected chi connectivity index (χ1v) is 9.29. The summed E-state index contributed by atoms with van der Waals surface area (Å²) in [5, 5.41) is 3.71. The summed E-state index contributed by atoms with van der Waals surface area (Å²) in [6.45, 7) is 7.55. The van der Waals surface area contributed by atoms with Crippen molar-refractivity contribution >= 4 is 17.6 Å². The van der Waals surface area contributed by atoms with Gasteiger partial charge in [0.1, 0.15) is 0 Å². The number of hydrogen-bond donors (Lipinski definition) is 2. The van der Waals surface area contributed by atoms with Crippen LogP contribution in [-0.2, 0) is 6.54 Å². The van der Waals surface area contributed by atoms with E-state index in [0.717, 1.165) is 18.7 Å². The Hall–Kier alpha value is -1.46. The van der Waals surface area contributed by atoms with Crippen LogP contribution < -0.4 is 10.0 Å². The molecule has 0 amide bonds. The van der Waals surface area contributed by atoms with Crippen LogP contribution in [0.25, 0.3) is 11.3 Å². The normalized spacial score (nSPS) is 12.3. The van der Waals surface area contributed by atoms with Crippen molar-refractivity contribution in [3.8, 4) is 11.3 Å². The highest BCUT2D eigenvalue weighted by Crippen LogP contribution is 2.32. The highest BCUT2D eigenvalue weighted by atomic mass is 32.2. The van der Waals surface area contributed by atoms with Crippen LogP contribution in [0, 0.1) is 0 Å². The van der Waals surface area contributed by atoms with Gasteiger partial charge in [-0.1, -0.05) is 20.3 Å². The van der Waals surface area contributed by atoms with E-state index in [1.807, 2.05) is 13.4 Å². The van der Waals surface area contributed by atoms with E-state index in [1.54, 1.807) is 11.9 Å². The Morgan fingerprint density at radius 1 is 1.26 bits per heavy atom. The SMILES string of the molecule is CCCC(CC)Nc1ccc(SNC)cc1-c1cn(CC)cn1. The third-order valence-electron chi connectivity index (χ3n) is 3.97. The van der Waals surface area contributed by atoms with E-state index in [1.165, 1.54) is 29.0 Å². The average molecular weight is 333 g/mol. The molecule has 1 heterocycles. The van der Waals surface area contributed by atoms with Crippen LogP contribution in [0.1, 0.15) is 40.0 Å². The summed E-state index contributed by atoms with van der Waals surface area (Å²) in [5.41, 5.74) is 3.37. The number of nitrogens with zero attached hydrogens (tertiary/aromatic N) is 2. The summed E-state index contributed by atoms with van der Waals surface area (Å²) in [4.78, 5) is 5.79. The molecular weight excluding hydrogens is 304 g/mol. The summed E-state index contributed by atoms with van der Waals surface area (Å²) in [7, 11) is 1.94. The molecule has 1 aromatic carbocycles. The first kappa shape index (κ1) is 17.9. The predicted molar refractivity (Wildman–Crippen MR) is 101 cm³/mol. The Morgan fingerprint density at radius 2 is 2.09 bits per heavy atom. The van der Waals surface area contributed by atoms with Crippen molar-refractivity contribution in [2.45, 2.75) is 57.5 Å². The Labute approximate surface area is 144 Å². The molecule has 126 valence electrons. The summed E-state index contributed by atoms with van der Waals surface area (Å²) in [5.74, 6) is 0. The smallest absolute Gasteiger partial charge is 0.0953 e. The van der Waals surface area contributed by atoms with Crippen molar-refractivity contribution in [2.75, 3.05) is 12.4 Å². The molecule has 4 nitrogen and oxygen atoms in total. The second-order valence-corrected chi connectivity index (χ2v) is 6.72. The molecule has 2 aromatic rings. The molecule has 1 unspecified atom stereocenters. The number of aromatic nitrogens is 2. The van der Waals surface area contributed by atoms with Gasteiger partial charge in [0.2, 0.25) is 0 Å². The van der Waals surface area contributed by atoms with Crippen molar-refractivity contribution in [2.24, 2.45) is 0 Å².